The van der Waals surface area contributed by atoms with Crippen LogP contribution < -0.4 is 0 Å². The molecule has 0 N–H and O–H groups in total. The van der Waals surface area contributed by atoms with Crippen LogP contribution in [0.4, 0.5) is 0 Å². The van der Waals surface area contributed by atoms with Crippen molar-refractivity contribution in [1.82, 2.24) is 24.1 Å². The lowest BCUT2D eigenvalue weighted by atomic mass is 10.0. The molecule has 58 heavy (non-hydrogen) atoms. The molecule has 11 aromatic rings. The predicted octanol–water partition coefficient (Wildman–Crippen LogP) is 12.6. The molecule has 0 saturated heterocycles. The van der Waals surface area contributed by atoms with Crippen LogP contribution in [-0.2, 0) is 0 Å². The van der Waals surface area contributed by atoms with Crippen molar-refractivity contribution in [2.45, 2.75) is 0 Å². The maximum absolute atomic E-state index is 9.26. The van der Waals surface area contributed by atoms with Crippen LogP contribution >= 0.6 is 0 Å². The van der Waals surface area contributed by atoms with Crippen molar-refractivity contribution >= 4 is 43.6 Å². The van der Waals surface area contributed by atoms with Gasteiger partial charge in [0.2, 0.25) is 5.95 Å². The SMILES string of the molecule is N#Cc1ccc(-c2ccc(-c3nc(-c4ccccc4)nc(-n4c5ccccc5c5cc(-c6ccc7c8ccccc8n(-c8ccccc8)c7c6)ccc54)n3)cc2)cc1. The molecule has 6 nitrogen and oxygen atoms in total. The third-order valence-corrected chi connectivity index (χ3v) is 11.0. The van der Waals surface area contributed by atoms with E-state index in [1.54, 1.807) is 0 Å². The number of nitriles is 1. The van der Waals surface area contributed by atoms with E-state index in [1.807, 2.05) is 66.7 Å². The van der Waals surface area contributed by atoms with Crippen LogP contribution in [0.25, 0.3) is 100 Å². The number of rotatable bonds is 6. The van der Waals surface area contributed by atoms with Crippen LogP contribution in [0, 0.1) is 11.3 Å². The summed E-state index contributed by atoms with van der Waals surface area (Å²) in [6.07, 6.45) is 0. The molecule has 0 aliphatic rings. The molecule has 0 fully saturated rings. The summed E-state index contributed by atoms with van der Waals surface area (Å²) in [5.41, 5.74) is 12.3. The molecule has 0 bridgehead atoms. The molecule has 270 valence electrons. The molecule has 0 unspecified atom stereocenters. The number of nitrogens with zero attached hydrogens (tertiary/aromatic N) is 6. The van der Waals surface area contributed by atoms with Gasteiger partial charge in [0.25, 0.3) is 0 Å². The smallest absolute Gasteiger partial charge is 0.238 e. The van der Waals surface area contributed by atoms with Gasteiger partial charge in [-0.15, -0.1) is 0 Å². The van der Waals surface area contributed by atoms with Gasteiger partial charge in [0.15, 0.2) is 11.6 Å². The number of aromatic nitrogens is 5. The van der Waals surface area contributed by atoms with Crippen LogP contribution in [0.3, 0.4) is 0 Å². The van der Waals surface area contributed by atoms with Gasteiger partial charge in [-0.1, -0.05) is 140 Å². The summed E-state index contributed by atoms with van der Waals surface area (Å²) in [5.74, 6) is 1.73. The minimum absolute atomic E-state index is 0.549. The van der Waals surface area contributed by atoms with Crippen LogP contribution in [-0.4, -0.2) is 24.1 Å². The van der Waals surface area contributed by atoms with Crippen LogP contribution in [0.2, 0.25) is 0 Å². The Morgan fingerprint density at radius 1 is 0.345 bits per heavy atom. The van der Waals surface area contributed by atoms with Crippen molar-refractivity contribution in [3.63, 3.8) is 0 Å². The molecular weight excluding hydrogens is 709 g/mol. The lowest BCUT2D eigenvalue weighted by Crippen LogP contribution is -2.06. The number of hydrogen-bond donors (Lipinski definition) is 0. The van der Waals surface area contributed by atoms with E-state index in [4.69, 9.17) is 15.0 Å². The standard InChI is InChI=1S/C52H32N6/c53-33-34-19-21-35(22-20-34)36-23-25-38(26-24-36)51-54-50(37-11-3-1-4-12-37)55-52(56-51)58-47-18-10-8-16-43(47)45-31-39(28-30-48(45)58)40-27-29-44-42-15-7-9-17-46(42)57(49(44)32-40)41-13-5-2-6-14-41/h1-32H. The second-order valence-corrected chi connectivity index (χ2v) is 14.4. The average Bonchev–Trinajstić information content (AvgIpc) is 3.82. The lowest BCUT2D eigenvalue weighted by molar-refractivity contribution is 0.953. The zero-order valence-electron chi connectivity index (χ0n) is 31.2. The third-order valence-electron chi connectivity index (χ3n) is 11.0. The summed E-state index contributed by atoms with van der Waals surface area (Å²) in [4.78, 5) is 15.3. The van der Waals surface area contributed by atoms with Gasteiger partial charge in [0.1, 0.15) is 0 Å². The first kappa shape index (κ1) is 33.2. The van der Waals surface area contributed by atoms with Crippen molar-refractivity contribution < 1.29 is 0 Å². The highest BCUT2D eigenvalue weighted by molar-refractivity contribution is 6.12. The number of hydrogen-bond acceptors (Lipinski definition) is 4. The zero-order valence-corrected chi connectivity index (χ0v) is 31.2. The van der Waals surface area contributed by atoms with Crippen molar-refractivity contribution in [2.75, 3.05) is 0 Å². The highest BCUT2D eigenvalue weighted by Gasteiger charge is 2.19. The van der Waals surface area contributed by atoms with Gasteiger partial charge in [0.05, 0.1) is 33.7 Å². The molecule has 3 aromatic heterocycles. The van der Waals surface area contributed by atoms with Gasteiger partial charge >= 0.3 is 0 Å². The Labute approximate surface area is 334 Å². The molecule has 0 aliphatic heterocycles. The Morgan fingerprint density at radius 3 is 1.52 bits per heavy atom. The summed E-state index contributed by atoms with van der Waals surface area (Å²) >= 11 is 0. The minimum Gasteiger partial charge on any atom is -0.309 e. The summed E-state index contributed by atoms with van der Waals surface area (Å²) in [6, 6.07) is 69.3. The van der Waals surface area contributed by atoms with E-state index >= 15 is 0 Å². The number of para-hydroxylation sites is 3. The fraction of sp³-hybridized carbons (Fsp3) is 0. The van der Waals surface area contributed by atoms with E-state index in [1.165, 1.54) is 21.8 Å². The first-order valence-corrected chi connectivity index (χ1v) is 19.3. The monoisotopic (exact) mass is 740 g/mol. The fourth-order valence-electron chi connectivity index (χ4n) is 8.23. The van der Waals surface area contributed by atoms with Crippen molar-refractivity contribution in [1.29, 1.82) is 5.26 Å². The second-order valence-electron chi connectivity index (χ2n) is 14.4. The van der Waals surface area contributed by atoms with Gasteiger partial charge in [0, 0.05) is 38.4 Å². The highest BCUT2D eigenvalue weighted by atomic mass is 15.2. The molecule has 0 aliphatic carbocycles. The summed E-state index contributed by atoms with van der Waals surface area (Å²) in [5, 5.41) is 14.0. The van der Waals surface area contributed by atoms with Crippen molar-refractivity contribution in [2.24, 2.45) is 0 Å². The largest absolute Gasteiger partial charge is 0.309 e. The Bertz CT molecular complexity index is 3370. The molecule has 0 saturated carbocycles. The van der Waals surface area contributed by atoms with E-state index < -0.39 is 0 Å². The predicted molar refractivity (Wildman–Crippen MR) is 235 cm³/mol. The highest BCUT2D eigenvalue weighted by Crippen LogP contribution is 2.38. The molecule has 3 heterocycles. The number of fused-ring (bicyclic) bond motifs is 6. The minimum atomic E-state index is 0.549. The maximum Gasteiger partial charge on any atom is 0.238 e. The van der Waals surface area contributed by atoms with Gasteiger partial charge in [-0.05, 0) is 76.9 Å². The van der Waals surface area contributed by atoms with E-state index in [0.29, 0.717) is 23.2 Å². The van der Waals surface area contributed by atoms with E-state index in [9.17, 15) is 5.26 Å². The second kappa shape index (κ2) is 13.6. The Kier molecular flexibility index (Phi) is 7.76. The Hall–Kier alpha value is -8.14. The topological polar surface area (TPSA) is 72.3 Å². The van der Waals surface area contributed by atoms with E-state index in [0.717, 1.165) is 60.9 Å². The van der Waals surface area contributed by atoms with Gasteiger partial charge in [-0.2, -0.15) is 15.2 Å². The lowest BCUT2D eigenvalue weighted by Gasteiger charge is -2.11. The van der Waals surface area contributed by atoms with Crippen LogP contribution in [0.15, 0.2) is 194 Å². The molecule has 0 atom stereocenters. The first-order chi connectivity index (χ1) is 28.7. The first-order valence-electron chi connectivity index (χ1n) is 19.3. The van der Waals surface area contributed by atoms with E-state index in [-0.39, 0.29) is 0 Å². The quantitative estimate of drug-likeness (QED) is 0.170. The fourth-order valence-corrected chi connectivity index (χ4v) is 8.23. The van der Waals surface area contributed by atoms with Gasteiger partial charge in [-0.25, -0.2) is 4.98 Å². The summed E-state index contributed by atoms with van der Waals surface area (Å²) in [7, 11) is 0. The van der Waals surface area contributed by atoms with Crippen LogP contribution in [0.1, 0.15) is 5.56 Å². The van der Waals surface area contributed by atoms with Crippen LogP contribution in [0.5, 0.6) is 0 Å². The number of benzene rings is 8. The van der Waals surface area contributed by atoms with Crippen molar-refractivity contribution in [3.05, 3.63) is 200 Å². The van der Waals surface area contributed by atoms with Gasteiger partial charge < -0.3 is 4.57 Å². The summed E-state index contributed by atoms with van der Waals surface area (Å²) in [6.45, 7) is 0. The molecule has 0 spiro atoms. The Morgan fingerprint density at radius 2 is 0.828 bits per heavy atom. The Balaban J connectivity index is 1.07. The van der Waals surface area contributed by atoms with Gasteiger partial charge in [-0.3, -0.25) is 4.57 Å². The third kappa shape index (κ3) is 5.53. The van der Waals surface area contributed by atoms with E-state index in [2.05, 4.69) is 143 Å². The molecular formula is C52H32N6. The molecule has 0 radical (unpaired) electrons. The molecule has 0 amide bonds. The molecule has 8 aromatic carbocycles. The molecule has 6 heteroatoms. The maximum atomic E-state index is 9.26. The normalized spacial score (nSPS) is 11.4. The summed E-state index contributed by atoms with van der Waals surface area (Å²) < 4.78 is 4.52. The molecule has 11 rings (SSSR count). The van der Waals surface area contributed by atoms with Crippen molar-refractivity contribution in [3.8, 4) is 62.7 Å². The average molecular weight is 741 g/mol. The zero-order chi connectivity index (χ0) is 38.6.